The molecule has 2 nitrogen and oxygen atoms in total. The lowest BCUT2D eigenvalue weighted by Crippen LogP contribution is -1.76. The summed E-state index contributed by atoms with van der Waals surface area (Å²) in [5.74, 6) is -0.794. The fraction of sp³-hybridized carbons (Fsp3) is 0. The van der Waals surface area contributed by atoms with E-state index in [1.54, 1.807) is 30.6 Å². The van der Waals surface area contributed by atoms with Gasteiger partial charge in [-0.25, -0.2) is 8.78 Å². The number of aromatic nitrogens is 2. The minimum Gasteiger partial charge on any atom is -0.361 e. The second kappa shape index (κ2) is 6.43. The summed E-state index contributed by atoms with van der Waals surface area (Å²) in [6.45, 7) is 0. The summed E-state index contributed by atoms with van der Waals surface area (Å²) < 4.78 is 25.7. The van der Waals surface area contributed by atoms with Crippen LogP contribution in [-0.4, -0.2) is 9.97 Å². The quantitative estimate of drug-likeness (QED) is 0.307. The van der Waals surface area contributed by atoms with Gasteiger partial charge in [0.15, 0.2) is 0 Å². The number of nitrogens with one attached hydrogen (secondary N) is 2. The van der Waals surface area contributed by atoms with Gasteiger partial charge in [-0.2, -0.15) is 0 Å². The molecule has 0 aliphatic rings. The lowest BCUT2D eigenvalue weighted by atomic mass is 10.2. The summed E-state index contributed by atoms with van der Waals surface area (Å²) in [5, 5.41) is 1.87. The zero-order valence-electron chi connectivity index (χ0n) is 11.5. The molecule has 4 aromatic rings. The molecule has 2 aromatic heterocycles. The molecule has 0 unspecified atom stereocenters. The van der Waals surface area contributed by atoms with Crippen molar-refractivity contribution in [3.05, 3.63) is 64.4 Å². The van der Waals surface area contributed by atoms with Crippen LogP contribution in [0.25, 0.3) is 21.8 Å². The van der Waals surface area contributed by atoms with Gasteiger partial charge in [-0.3, -0.25) is 0 Å². The molecule has 2 aromatic carbocycles. The summed E-state index contributed by atoms with van der Waals surface area (Å²) in [6.07, 6.45) is 3.45. The summed E-state index contributed by atoms with van der Waals surface area (Å²) in [5.41, 5.74) is 1.66. The van der Waals surface area contributed by atoms with Crippen molar-refractivity contribution in [1.82, 2.24) is 9.97 Å². The average molecular weight is 371 g/mol. The third kappa shape index (κ3) is 3.32. The van der Waals surface area contributed by atoms with Crippen molar-refractivity contribution in [1.29, 1.82) is 0 Å². The maximum atomic E-state index is 12.9. The molecule has 0 aliphatic carbocycles. The number of benzene rings is 2. The highest BCUT2D eigenvalue weighted by Crippen LogP contribution is 2.26. The Labute approximate surface area is 145 Å². The molecule has 0 atom stereocenters. The van der Waals surface area contributed by atoms with Crippen LogP contribution < -0.4 is 0 Å². The molecule has 0 fully saturated rings. The lowest BCUT2D eigenvalue weighted by molar-refractivity contribution is 0.629. The average Bonchev–Trinajstić information content (AvgIpc) is 3.09. The van der Waals surface area contributed by atoms with Crippen LogP contribution in [0.2, 0.25) is 10.0 Å². The van der Waals surface area contributed by atoms with Gasteiger partial charge in [-0.05, 0) is 30.3 Å². The zero-order chi connectivity index (χ0) is 16.6. The second-order valence-corrected chi connectivity index (χ2v) is 6.11. The monoisotopic (exact) mass is 370 g/mol. The van der Waals surface area contributed by atoms with Gasteiger partial charge in [-0.1, -0.05) is 23.2 Å². The molecule has 0 bridgehead atoms. The first kappa shape index (κ1) is 16.2. The molecule has 0 saturated carbocycles. The molecule has 118 valence electrons. The number of thiol groups is 1. The Morgan fingerprint density at radius 3 is 2.26 bits per heavy atom. The Morgan fingerprint density at radius 1 is 0.870 bits per heavy atom. The van der Waals surface area contributed by atoms with E-state index in [2.05, 4.69) is 22.6 Å². The van der Waals surface area contributed by atoms with Crippen molar-refractivity contribution in [3.63, 3.8) is 0 Å². The van der Waals surface area contributed by atoms with Crippen LogP contribution in [0.4, 0.5) is 8.78 Å². The molecule has 2 heterocycles. The topological polar surface area (TPSA) is 31.6 Å². The number of aromatic amines is 2. The van der Waals surface area contributed by atoms with Gasteiger partial charge in [0.1, 0.15) is 11.6 Å². The number of rotatable bonds is 0. The summed E-state index contributed by atoms with van der Waals surface area (Å²) in [7, 11) is 0. The summed E-state index contributed by atoms with van der Waals surface area (Å²) in [6, 6.07) is 7.71. The minimum absolute atomic E-state index is 0.123. The van der Waals surface area contributed by atoms with Gasteiger partial charge in [0.2, 0.25) is 0 Å². The number of hydrogen-bond acceptors (Lipinski definition) is 1. The van der Waals surface area contributed by atoms with Crippen molar-refractivity contribution < 1.29 is 8.78 Å². The van der Waals surface area contributed by atoms with E-state index in [9.17, 15) is 8.78 Å². The van der Waals surface area contributed by atoms with Crippen LogP contribution in [0.15, 0.2) is 47.6 Å². The Morgan fingerprint density at radius 2 is 1.52 bits per heavy atom. The normalized spacial score (nSPS) is 10.8. The molecule has 0 spiro atoms. The van der Waals surface area contributed by atoms with E-state index in [0.29, 0.717) is 0 Å². The minimum atomic E-state index is -0.418. The van der Waals surface area contributed by atoms with Crippen LogP contribution in [0.5, 0.6) is 0 Å². The molecule has 7 heteroatoms. The predicted octanol–water partition coefficient (Wildman–Crippen LogP) is 6.21. The highest BCUT2D eigenvalue weighted by Gasteiger charge is 2.05. The number of hydrogen-bond donors (Lipinski definition) is 3. The van der Waals surface area contributed by atoms with Crippen molar-refractivity contribution >= 4 is 57.6 Å². The van der Waals surface area contributed by atoms with Crippen LogP contribution in [0, 0.1) is 11.6 Å². The maximum absolute atomic E-state index is 12.9. The van der Waals surface area contributed by atoms with Gasteiger partial charge in [-0.15, -0.1) is 12.6 Å². The summed E-state index contributed by atoms with van der Waals surface area (Å²) in [4.78, 5) is 6.59. The number of halogens is 4. The van der Waals surface area contributed by atoms with Gasteiger partial charge < -0.3 is 9.97 Å². The van der Waals surface area contributed by atoms with Crippen molar-refractivity contribution in [3.8, 4) is 0 Å². The molecule has 0 radical (unpaired) electrons. The highest BCUT2D eigenvalue weighted by molar-refractivity contribution is 7.80. The van der Waals surface area contributed by atoms with Crippen molar-refractivity contribution in [2.45, 2.75) is 4.90 Å². The Balaban J connectivity index is 0.000000136. The van der Waals surface area contributed by atoms with Gasteiger partial charge >= 0.3 is 0 Å². The van der Waals surface area contributed by atoms with E-state index in [4.69, 9.17) is 23.2 Å². The fourth-order valence-corrected chi connectivity index (χ4v) is 2.73. The lowest BCUT2D eigenvalue weighted by Gasteiger charge is -1.94. The molecular weight excluding hydrogens is 361 g/mol. The van der Waals surface area contributed by atoms with Crippen LogP contribution in [0.3, 0.4) is 0 Å². The molecule has 0 aliphatic heterocycles. The molecule has 2 N–H and O–H groups in total. The number of H-pyrrole nitrogens is 2. The smallest absolute Gasteiger partial charge is 0.142 e. The molecule has 0 saturated heterocycles. The zero-order valence-corrected chi connectivity index (χ0v) is 13.9. The maximum Gasteiger partial charge on any atom is 0.142 e. The van der Waals surface area contributed by atoms with E-state index >= 15 is 0 Å². The Hall–Kier alpha value is -1.69. The number of fused-ring (bicyclic) bond motifs is 2. The van der Waals surface area contributed by atoms with Crippen LogP contribution in [-0.2, 0) is 0 Å². The molecule has 4 rings (SSSR count). The molecule has 0 amide bonds. The van der Waals surface area contributed by atoms with E-state index in [-0.39, 0.29) is 15.9 Å². The van der Waals surface area contributed by atoms with E-state index in [1.807, 2.05) is 0 Å². The van der Waals surface area contributed by atoms with Crippen molar-refractivity contribution in [2.24, 2.45) is 0 Å². The largest absolute Gasteiger partial charge is 0.361 e. The highest BCUT2D eigenvalue weighted by atomic mass is 35.5. The SMILES string of the molecule is Fc1cc2c(S)c[nH]c2cc1Cl.Fc1cc2cc[nH]c2cc1Cl. The second-order valence-electron chi connectivity index (χ2n) is 4.82. The van der Waals surface area contributed by atoms with E-state index in [1.165, 1.54) is 12.1 Å². The van der Waals surface area contributed by atoms with Gasteiger partial charge in [0, 0.05) is 39.1 Å². The third-order valence-corrected chi connectivity index (χ3v) is 4.24. The Bertz CT molecular complexity index is 958. The van der Waals surface area contributed by atoms with Crippen LogP contribution >= 0.6 is 35.8 Å². The summed E-state index contributed by atoms with van der Waals surface area (Å²) >= 11 is 15.3. The first-order chi connectivity index (χ1) is 11.0. The fourth-order valence-electron chi connectivity index (χ4n) is 2.15. The van der Waals surface area contributed by atoms with Gasteiger partial charge in [0.05, 0.1) is 10.0 Å². The van der Waals surface area contributed by atoms with Crippen LogP contribution in [0.1, 0.15) is 0 Å². The first-order valence-corrected chi connectivity index (χ1v) is 7.73. The van der Waals surface area contributed by atoms with E-state index in [0.717, 1.165) is 26.7 Å². The van der Waals surface area contributed by atoms with E-state index < -0.39 is 5.82 Å². The molecular formula is C16H10Cl2F2N2S. The predicted molar refractivity (Wildman–Crippen MR) is 93.8 cm³/mol. The van der Waals surface area contributed by atoms with Gasteiger partial charge in [0.25, 0.3) is 0 Å². The molecule has 23 heavy (non-hydrogen) atoms. The Kier molecular flexibility index (Phi) is 4.53. The first-order valence-electron chi connectivity index (χ1n) is 6.53. The van der Waals surface area contributed by atoms with Crippen molar-refractivity contribution in [2.75, 3.05) is 0 Å². The third-order valence-electron chi connectivity index (χ3n) is 3.29. The standard InChI is InChI=1S/C8H5ClFNS.C8H5ClFN/c9-5-2-7-4(1-6(5)10)8(12)3-11-7;9-6-4-8-5(1-2-11-8)3-7(6)10/h1-3,11-12H;1-4,11H.